The summed E-state index contributed by atoms with van der Waals surface area (Å²) in [4.78, 5) is 0. The van der Waals surface area contributed by atoms with E-state index in [9.17, 15) is 0 Å². The van der Waals surface area contributed by atoms with E-state index in [-0.39, 0.29) is 6.61 Å². The topological polar surface area (TPSA) is 63.3 Å². The van der Waals surface area contributed by atoms with Gasteiger partial charge in [-0.1, -0.05) is 11.6 Å². The van der Waals surface area contributed by atoms with Crippen molar-refractivity contribution >= 4 is 17.2 Å². The molecule has 0 saturated carbocycles. The van der Waals surface area contributed by atoms with Gasteiger partial charge in [-0.15, -0.1) is 10.2 Å². The summed E-state index contributed by atoms with van der Waals surface area (Å²) in [6, 6.07) is 0. The van der Waals surface area contributed by atoms with Gasteiger partial charge in [-0.3, -0.25) is 0 Å². The van der Waals surface area contributed by atoms with Gasteiger partial charge in [-0.25, -0.2) is 0 Å². The summed E-state index contributed by atoms with van der Waals surface area (Å²) in [5, 5.41) is 21.6. The van der Waals surface area contributed by atoms with Crippen molar-refractivity contribution in [3.05, 3.63) is 22.1 Å². The number of aliphatic hydroxyl groups excluding tert-OH is 1. The number of aryl methyl sites for hydroxylation is 2. The molecule has 86 valence electrons. The largest absolute Gasteiger partial charge is 0.396 e. The number of aromatic nitrogens is 4. The maximum absolute atomic E-state index is 8.79. The van der Waals surface area contributed by atoms with Crippen LogP contribution in [0, 0.1) is 13.8 Å². The van der Waals surface area contributed by atoms with Crippen LogP contribution in [-0.4, -0.2) is 31.5 Å². The molecule has 0 aliphatic carbocycles. The van der Waals surface area contributed by atoms with E-state index in [1.807, 2.05) is 13.8 Å². The Hall–Kier alpha value is -1.20. The first-order valence-corrected chi connectivity index (χ1v) is 5.50. The lowest BCUT2D eigenvalue weighted by Gasteiger charge is -2.04. The fourth-order valence-electron chi connectivity index (χ4n) is 1.53. The molecule has 0 aromatic carbocycles. The molecule has 0 fully saturated rings. The highest BCUT2D eigenvalue weighted by Crippen LogP contribution is 2.19. The fraction of sp³-hybridized carbons (Fsp3) is 0.500. The third kappa shape index (κ3) is 1.76. The number of halogens is 1. The lowest BCUT2D eigenvalue weighted by molar-refractivity contribution is 0.287. The smallest absolute Gasteiger partial charge is 0.181 e. The third-order valence-corrected chi connectivity index (χ3v) is 3.02. The molecule has 16 heavy (non-hydrogen) atoms. The number of hydrogen-bond acceptors (Lipinski definition) is 4. The summed E-state index contributed by atoms with van der Waals surface area (Å²) in [7, 11) is 0. The Morgan fingerprint density at radius 1 is 1.25 bits per heavy atom. The molecule has 0 aliphatic rings. The first-order valence-electron chi connectivity index (χ1n) is 5.13. The monoisotopic (exact) mass is 240 g/mol. The van der Waals surface area contributed by atoms with Crippen molar-refractivity contribution in [3.8, 4) is 0 Å². The summed E-state index contributed by atoms with van der Waals surface area (Å²) in [5.74, 6) is 0.731. The Morgan fingerprint density at radius 3 is 2.69 bits per heavy atom. The SMILES string of the molecule is Cc1c(Cl)nn2c(CCCO)nnc2c1C. The molecule has 0 unspecified atom stereocenters. The van der Waals surface area contributed by atoms with Crippen LogP contribution < -0.4 is 0 Å². The summed E-state index contributed by atoms with van der Waals surface area (Å²) in [6.07, 6.45) is 1.29. The van der Waals surface area contributed by atoms with Crippen molar-refractivity contribution < 1.29 is 5.11 Å². The molecule has 0 atom stereocenters. The summed E-state index contributed by atoms with van der Waals surface area (Å²) in [5.41, 5.74) is 2.65. The van der Waals surface area contributed by atoms with Crippen LogP contribution in [0.1, 0.15) is 23.4 Å². The standard InChI is InChI=1S/C10H13ClN4O/c1-6-7(2)10-13-12-8(4-3-5-16)15(10)14-9(6)11/h16H,3-5H2,1-2H3. The van der Waals surface area contributed by atoms with Crippen LogP contribution in [0.3, 0.4) is 0 Å². The molecule has 2 rings (SSSR count). The molecule has 6 heteroatoms. The predicted molar refractivity (Wildman–Crippen MR) is 60.7 cm³/mol. The molecular weight excluding hydrogens is 228 g/mol. The zero-order valence-corrected chi connectivity index (χ0v) is 9.99. The summed E-state index contributed by atoms with van der Waals surface area (Å²) in [6.45, 7) is 3.99. The van der Waals surface area contributed by atoms with Gasteiger partial charge >= 0.3 is 0 Å². The van der Waals surface area contributed by atoms with Gasteiger partial charge < -0.3 is 5.11 Å². The Morgan fingerprint density at radius 2 is 2.00 bits per heavy atom. The molecule has 0 bridgehead atoms. The Bertz CT molecular complexity index is 523. The quantitative estimate of drug-likeness (QED) is 0.879. The molecule has 0 aliphatic heterocycles. The number of nitrogens with zero attached hydrogens (tertiary/aromatic N) is 4. The van der Waals surface area contributed by atoms with E-state index in [0.29, 0.717) is 18.0 Å². The lowest BCUT2D eigenvalue weighted by atomic mass is 10.2. The van der Waals surface area contributed by atoms with Crippen LogP contribution in [0.4, 0.5) is 0 Å². The van der Waals surface area contributed by atoms with E-state index in [1.165, 1.54) is 0 Å². The zero-order chi connectivity index (χ0) is 11.7. The number of aliphatic hydroxyl groups is 1. The van der Waals surface area contributed by atoms with E-state index < -0.39 is 0 Å². The first-order chi connectivity index (χ1) is 7.65. The highest BCUT2D eigenvalue weighted by Gasteiger charge is 2.12. The molecule has 2 heterocycles. The Balaban J connectivity index is 2.55. The minimum Gasteiger partial charge on any atom is -0.396 e. The zero-order valence-electron chi connectivity index (χ0n) is 9.24. The van der Waals surface area contributed by atoms with Crippen molar-refractivity contribution in [2.24, 2.45) is 0 Å². The van der Waals surface area contributed by atoms with Crippen LogP contribution in [-0.2, 0) is 6.42 Å². The van der Waals surface area contributed by atoms with E-state index in [4.69, 9.17) is 16.7 Å². The summed E-state index contributed by atoms with van der Waals surface area (Å²) < 4.78 is 1.65. The number of hydrogen-bond donors (Lipinski definition) is 1. The minimum absolute atomic E-state index is 0.132. The third-order valence-electron chi connectivity index (χ3n) is 2.66. The second-order valence-corrected chi connectivity index (χ2v) is 4.08. The molecular formula is C10H13ClN4O. The normalized spacial score (nSPS) is 11.2. The first kappa shape index (κ1) is 11.3. The van der Waals surface area contributed by atoms with Gasteiger partial charge in [0.25, 0.3) is 0 Å². The highest BCUT2D eigenvalue weighted by atomic mass is 35.5. The van der Waals surface area contributed by atoms with Crippen LogP contribution in [0.5, 0.6) is 0 Å². The summed E-state index contributed by atoms with van der Waals surface area (Å²) >= 11 is 6.02. The maximum Gasteiger partial charge on any atom is 0.181 e. The maximum atomic E-state index is 8.79. The van der Waals surface area contributed by atoms with Gasteiger partial charge in [0.1, 0.15) is 0 Å². The van der Waals surface area contributed by atoms with Crippen molar-refractivity contribution in [1.29, 1.82) is 0 Å². The molecule has 5 nitrogen and oxygen atoms in total. The molecule has 0 spiro atoms. The molecule has 0 radical (unpaired) electrons. The van der Waals surface area contributed by atoms with Gasteiger partial charge in [-0.05, 0) is 25.8 Å². The molecule has 2 aromatic heterocycles. The second kappa shape index (κ2) is 4.35. The fourth-order valence-corrected chi connectivity index (χ4v) is 1.75. The number of rotatable bonds is 3. The van der Waals surface area contributed by atoms with Crippen molar-refractivity contribution in [3.63, 3.8) is 0 Å². The molecule has 2 aromatic rings. The Labute approximate surface area is 98.1 Å². The van der Waals surface area contributed by atoms with Gasteiger partial charge in [0, 0.05) is 18.6 Å². The molecule has 0 saturated heterocycles. The highest BCUT2D eigenvalue weighted by molar-refractivity contribution is 6.30. The van der Waals surface area contributed by atoms with E-state index >= 15 is 0 Å². The lowest BCUT2D eigenvalue weighted by Crippen LogP contribution is -2.03. The van der Waals surface area contributed by atoms with E-state index in [2.05, 4.69) is 15.3 Å². The number of fused-ring (bicyclic) bond motifs is 1. The van der Waals surface area contributed by atoms with E-state index in [0.717, 1.165) is 22.6 Å². The minimum atomic E-state index is 0.132. The second-order valence-electron chi connectivity index (χ2n) is 3.72. The van der Waals surface area contributed by atoms with Crippen LogP contribution in [0.2, 0.25) is 5.15 Å². The van der Waals surface area contributed by atoms with Crippen LogP contribution >= 0.6 is 11.6 Å². The van der Waals surface area contributed by atoms with Crippen molar-refractivity contribution in [2.75, 3.05) is 6.61 Å². The van der Waals surface area contributed by atoms with Gasteiger partial charge in [-0.2, -0.15) is 9.61 Å². The Kier molecular flexibility index (Phi) is 3.07. The van der Waals surface area contributed by atoms with Gasteiger partial charge in [0.2, 0.25) is 0 Å². The average molecular weight is 241 g/mol. The predicted octanol–water partition coefficient (Wildman–Crippen LogP) is 1.32. The van der Waals surface area contributed by atoms with Gasteiger partial charge in [0.15, 0.2) is 16.6 Å². The van der Waals surface area contributed by atoms with Crippen molar-refractivity contribution in [2.45, 2.75) is 26.7 Å². The average Bonchev–Trinajstić information content (AvgIpc) is 2.66. The molecule has 0 amide bonds. The van der Waals surface area contributed by atoms with E-state index in [1.54, 1.807) is 4.52 Å². The molecule has 1 N–H and O–H groups in total. The van der Waals surface area contributed by atoms with Crippen LogP contribution in [0.15, 0.2) is 0 Å². The van der Waals surface area contributed by atoms with Crippen LogP contribution in [0.25, 0.3) is 5.65 Å². The van der Waals surface area contributed by atoms with Crippen molar-refractivity contribution in [1.82, 2.24) is 19.8 Å². The van der Waals surface area contributed by atoms with Gasteiger partial charge in [0.05, 0.1) is 0 Å².